The Hall–Kier alpha value is -2.69. The number of anilines is 1. The Morgan fingerprint density at radius 1 is 1.23 bits per heavy atom. The van der Waals surface area contributed by atoms with Crippen LogP contribution in [-0.4, -0.2) is 21.8 Å². The SMILES string of the molecule is CCc1c(O)ccc(NC(=O)c2ccnc3c2CCC3)c1C(=O)C(C)C. The summed E-state index contributed by atoms with van der Waals surface area (Å²) < 4.78 is 0. The van der Waals surface area contributed by atoms with E-state index in [1.54, 1.807) is 18.3 Å². The van der Waals surface area contributed by atoms with Gasteiger partial charge in [-0.2, -0.15) is 0 Å². The van der Waals surface area contributed by atoms with Crippen molar-refractivity contribution in [3.8, 4) is 5.75 Å². The minimum atomic E-state index is -0.240. The molecule has 0 aliphatic heterocycles. The molecule has 0 bridgehead atoms. The highest BCUT2D eigenvalue weighted by atomic mass is 16.3. The number of aryl methyl sites for hydroxylation is 1. The average molecular weight is 352 g/mol. The molecule has 1 amide bonds. The van der Waals surface area contributed by atoms with Crippen molar-refractivity contribution < 1.29 is 14.7 Å². The number of fused-ring (bicyclic) bond motifs is 1. The minimum Gasteiger partial charge on any atom is -0.508 e. The van der Waals surface area contributed by atoms with Gasteiger partial charge < -0.3 is 10.4 Å². The Labute approximate surface area is 153 Å². The highest BCUT2D eigenvalue weighted by Gasteiger charge is 2.24. The topological polar surface area (TPSA) is 79.3 Å². The molecule has 0 atom stereocenters. The Morgan fingerprint density at radius 3 is 2.69 bits per heavy atom. The number of carbonyl (C=O) groups is 2. The Morgan fingerprint density at radius 2 is 2.00 bits per heavy atom. The van der Waals surface area contributed by atoms with Gasteiger partial charge in [0, 0.05) is 34.5 Å². The van der Waals surface area contributed by atoms with Crippen LogP contribution in [0.1, 0.15) is 64.7 Å². The van der Waals surface area contributed by atoms with Crippen LogP contribution in [0.3, 0.4) is 0 Å². The zero-order valence-corrected chi connectivity index (χ0v) is 15.4. The van der Waals surface area contributed by atoms with E-state index in [1.807, 2.05) is 20.8 Å². The molecule has 26 heavy (non-hydrogen) atoms. The first-order valence-corrected chi connectivity index (χ1v) is 9.11. The third kappa shape index (κ3) is 3.21. The van der Waals surface area contributed by atoms with Crippen LogP contribution in [0.4, 0.5) is 5.69 Å². The van der Waals surface area contributed by atoms with Gasteiger partial charge in [0.15, 0.2) is 5.78 Å². The van der Waals surface area contributed by atoms with Crippen molar-refractivity contribution in [1.29, 1.82) is 0 Å². The lowest BCUT2D eigenvalue weighted by atomic mass is 9.92. The fourth-order valence-corrected chi connectivity index (χ4v) is 3.53. The number of nitrogens with one attached hydrogen (secondary N) is 1. The number of hydrogen-bond acceptors (Lipinski definition) is 4. The molecule has 2 N–H and O–H groups in total. The number of hydrogen-bond donors (Lipinski definition) is 2. The molecule has 3 rings (SSSR count). The average Bonchev–Trinajstić information content (AvgIpc) is 3.10. The molecule has 0 radical (unpaired) electrons. The molecular formula is C21H24N2O3. The fraction of sp³-hybridized carbons (Fsp3) is 0.381. The second kappa shape index (κ2) is 7.28. The monoisotopic (exact) mass is 352 g/mol. The number of aromatic nitrogens is 1. The van der Waals surface area contributed by atoms with E-state index in [2.05, 4.69) is 10.3 Å². The van der Waals surface area contributed by atoms with Crippen molar-refractivity contribution in [2.24, 2.45) is 5.92 Å². The predicted molar refractivity (Wildman–Crippen MR) is 101 cm³/mol. The Kier molecular flexibility index (Phi) is 5.07. The summed E-state index contributed by atoms with van der Waals surface area (Å²) in [5.74, 6) is -0.480. The summed E-state index contributed by atoms with van der Waals surface area (Å²) in [5.41, 5.74) is 4.02. The van der Waals surface area contributed by atoms with Crippen LogP contribution >= 0.6 is 0 Å². The van der Waals surface area contributed by atoms with Crippen LogP contribution in [0.2, 0.25) is 0 Å². The molecule has 0 spiro atoms. The summed E-state index contributed by atoms with van der Waals surface area (Å²) in [6.45, 7) is 5.51. The lowest BCUT2D eigenvalue weighted by Gasteiger charge is -2.17. The molecule has 1 aromatic heterocycles. The number of pyridine rings is 1. The molecule has 5 nitrogen and oxygen atoms in total. The third-order valence-corrected chi connectivity index (χ3v) is 4.89. The number of rotatable bonds is 5. The molecule has 0 fully saturated rings. The van der Waals surface area contributed by atoms with Gasteiger partial charge >= 0.3 is 0 Å². The van der Waals surface area contributed by atoms with Gasteiger partial charge in [-0.1, -0.05) is 20.8 Å². The van der Waals surface area contributed by atoms with Gasteiger partial charge in [0.05, 0.1) is 5.69 Å². The molecular weight excluding hydrogens is 328 g/mol. The summed E-state index contributed by atoms with van der Waals surface area (Å²) in [4.78, 5) is 30.0. The van der Waals surface area contributed by atoms with Gasteiger partial charge in [-0.3, -0.25) is 14.6 Å². The van der Waals surface area contributed by atoms with Crippen LogP contribution in [0.25, 0.3) is 0 Å². The third-order valence-electron chi connectivity index (χ3n) is 4.89. The maximum atomic E-state index is 12.9. The lowest BCUT2D eigenvalue weighted by molar-refractivity contribution is 0.0939. The van der Waals surface area contributed by atoms with E-state index in [1.165, 1.54) is 6.07 Å². The summed E-state index contributed by atoms with van der Waals surface area (Å²) in [6, 6.07) is 4.86. The second-order valence-electron chi connectivity index (χ2n) is 6.95. The number of benzene rings is 1. The molecule has 2 aromatic rings. The summed E-state index contributed by atoms with van der Waals surface area (Å²) in [6.07, 6.45) is 4.91. The molecule has 136 valence electrons. The summed E-state index contributed by atoms with van der Waals surface area (Å²) >= 11 is 0. The van der Waals surface area contributed by atoms with Crippen molar-refractivity contribution in [3.63, 3.8) is 0 Å². The molecule has 1 aromatic carbocycles. The first-order chi connectivity index (χ1) is 12.4. The Balaban J connectivity index is 2.01. The molecule has 1 aliphatic rings. The molecule has 0 saturated carbocycles. The lowest BCUT2D eigenvalue weighted by Crippen LogP contribution is -2.19. The van der Waals surface area contributed by atoms with Crippen LogP contribution in [0.15, 0.2) is 24.4 Å². The quantitative estimate of drug-likeness (QED) is 0.631. The van der Waals surface area contributed by atoms with Crippen molar-refractivity contribution >= 4 is 17.4 Å². The van der Waals surface area contributed by atoms with Gasteiger partial charge in [-0.15, -0.1) is 0 Å². The normalized spacial score (nSPS) is 12.9. The van der Waals surface area contributed by atoms with Crippen LogP contribution in [-0.2, 0) is 19.3 Å². The maximum absolute atomic E-state index is 12.9. The highest BCUT2D eigenvalue weighted by Crippen LogP contribution is 2.32. The zero-order chi connectivity index (χ0) is 18.8. The maximum Gasteiger partial charge on any atom is 0.256 e. The summed E-state index contributed by atoms with van der Waals surface area (Å²) in [7, 11) is 0. The van der Waals surface area contributed by atoms with Crippen LogP contribution in [0, 0.1) is 5.92 Å². The highest BCUT2D eigenvalue weighted by molar-refractivity contribution is 6.11. The number of phenolic OH excluding ortho intramolecular Hbond substituents is 1. The number of amides is 1. The van der Waals surface area contributed by atoms with Crippen LogP contribution in [0.5, 0.6) is 5.75 Å². The van der Waals surface area contributed by atoms with Gasteiger partial charge in [0.1, 0.15) is 5.75 Å². The fourth-order valence-electron chi connectivity index (χ4n) is 3.53. The molecule has 0 unspecified atom stereocenters. The van der Waals surface area contributed by atoms with Crippen molar-refractivity contribution in [2.75, 3.05) is 5.32 Å². The minimum absolute atomic E-state index is 0.0827. The number of Topliss-reactive ketones (excluding diaryl/α,β-unsaturated/α-hetero) is 1. The number of carbonyl (C=O) groups excluding carboxylic acids is 2. The Bertz CT molecular complexity index is 872. The standard InChI is InChI=1S/C21H24N2O3/c1-4-13-18(24)9-8-17(19(13)20(25)12(2)3)23-21(26)15-10-11-22-16-7-5-6-14(15)16/h8-12,24H,4-7H2,1-3H3,(H,23,26). The van der Waals surface area contributed by atoms with E-state index in [-0.39, 0.29) is 23.4 Å². The zero-order valence-electron chi connectivity index (χ0n) is 15.4. The van der Waals surface area contributed by atoms with E-state index in [0.29, 0.717) is 28.8 Å². The smallest absolute Gasteiger partial charge is 0.256 e. The molecule has 0 saturated heterocycles. The molecule has 1 aliphatic carbocycles. The molecule has 1 heterocycles. The first-order valence-electron chi connectivity index (χ1n) is 9.11. The van der Waals surface area contributed by atoms with E-state index >= 15 is 0 Å². The van der Waals surface area contributed by atoms with Crippen molar-refractivity contribution in [3.05, 3.63) is 52.3 Å². The van der Waals surface area contributed by atoms with E-state index in [9.17, 15) is 14.7 Å². The van der Waals surface area contributed by atoms with Gasteiger partial charge in [0.2, 0.25) is 0 Å². The molecule has 5 heteroatoms. The van der Waals surface area contributed by atoms with Crippen molar-refractivity contribution in [2.45, 2.75) is 46.5 Å². The van der Waals surface area contributed by atoms with E-state index in [4.69, 9.17) is 0 Å². The summed E-state index contributed by atoms with van der Waals surface area (Å²) in [5, 5.41) is 13.0. The van der Waals surface area contributed by atoms with Gasteiger partial charge in [0.25, 0.3) is 5.91 Å². The van der Waals surface area contributed by atoms with Gasteiger partial charge in [-0.25, -0.2) is 0 Å². The number of aromatic hydroxyl groups is 1. The van der Waals surface area contributed by atoms with E-state index in [0.717, 1.165) is 30.5 Å². The van der Waals surface area contributed by atoms with E-state index < -0.39 is 0 Å². The largest absolute Gasteiger partial charge is 0.508 e. The number of phenols is 1. The first kappa shape index (κ1) is 18.1. The number of ketones is 1. The second-order valence-corrected chi connectivity index (χ2v) is 6.95. The number of nitrogens with zero attached hydrogens (tertiary/aromatic N) is 1. The van der Waals surface area contributed by atoms with Crippen LogP contribution < -0.4 is 5.32 Å². The predicted octanol–water partition coefficient (Wildman–Crippen LogP) is 3.93. The van der Waals surface area contributed by atoms with Gasteiger partial charge in [-0.05, 0) is 49.4 Å². The van der Waals surface area contributed by atoms with Crippen molar-refractivity contribution in [1.82, 2.24) is 4.98 Å².